The molecule has 0 radical (unpaired) electrons. The first-order valence-electron chi connectivity index (χ1n) is 12.7. The van der Waals surface area contributed by atoms with Crippen molar-refractivity contribution in [3.05, 3.63) is 71.2 Å². The Bertz CT molecular complexity index is 1740. The monoisotopic (exact) mass is 578 g/mol. The van der Waals surface area contributed by atoms with E-state index in [1.54, 1.807) is 6.07 Å². The molecule has 2 aromatic carbocycles. The number of pyridine rings is 1. The van der Waals surface area contributed by atoms with Crippen molar-refractivity contribution in [2.45, 2.75) is 37.4 Å². The SMILES string of the molecule is CNC(=O)c1c(-c2c#cc(F)cc2)oc2nc(CCC(F)(F)F)c(-c3ccc(OC)c(C(=O)NC4(C#N)CC4)c3)cc12. The number of carbonyl (C=O) groups excluding carboxylic acids is 2. The number of rotatable bonds is 8. The van der Waals surface area contributed by atoms with Crippen LogP contribution in [0, 0.1) is 29.3 Å². The number of aromatic nitrogens is 1. The summed E-state index contributed by atoms with van der Waals surface area (Å²) >= 11 is 0. The normalized spacial score (nSPS) is 13.6. The first-order chi connectivity index (χ1) is 20.0. The van der Waals surface area contributed by atoms with Crippen molar-refractivity contribution in [2.75, 3.05) is 14.2 Å². The second-order valence-electron chi connectivity index (χ2n) is 9.74. The van der Waals surface area contributed by atoms with E-state index in [9.17, 15) is 32.4 Å². The Kier molecular flexibility index (Phi) is 7.25. The number of nitriles is 1. The van der Waals surface area contributed by atoms with Crippen LogP contribution < -0.4 is 15.4 Å². The maximum Gasteiger partial charge on any atom is 0.389 e. The zero-order valence-electron chi connectivity index (χ0n) is 22.3. The van der Waals surface area contributed by atoms with Crippen LogP contribution in [0.5, 0.6) is 5.75 Å². The molecule has 42 heavy (non-hydrogen) atoms. The van der Waals surface area contributed by atoms with Crippen LogP contribution >= 0.6 is 0 Å². The van der Waals surface area contributed by atoms with Gasteiger partial charge in [-0.1, -0.05) is 12.1 Å². The summed E-state index contributed by atoms with van der Waals surface area (Å²) in [7, 11) is 2.75. The Morgan fingerprint density at radius 2 is 1.93 bits per heavy atom. The molecule has 12 heteroatoms. The second kappa shape index (κ2) is 10.7. The lowest BCUT2D eigenvalue weighted by Gasteiger charge is -2.15. The third kappa shape index (κ3) is 5.56. The molecule has 2 amide bonds. The summed E-state index contributed by atoms with van der Waals surface area (Å²) in [4.78, 5) is 30.5. The molecule has 0 bridgehead atoms. The fraction of sp³-hybridized carbons (Fsp3) is 0.267. The van der Waals surface area contributed by atoms with Gasteiger partial charge in [0.25, 0.3) is 11.8 Å². The molecule has 1 aliphatic carbocycles. The van der Waals surface area contributed by atoms with Crippen molar-refractivity contribution < 1.29 is 36.3 Å². The summed E-state index contributed by atoms with van der Waals surface area (Å²) in [6.07, 6.45) is -5.22. The molecule has 0 aliphatic heterocycles. The van der Waals surface area contributed by atoms with E-state index in [4.69, 9.17) is 9.15 Å². The van der Waals surface area contributed by atoms with Gasteiger partial charge in [0.1, 0.15) is 11.3 Å². The molecule has 2 aromatic heterocycles. The molecule has 2 heterocycles. The van der Waals surface area contributed by atoms with Crippen LogP contribution in [0.3, 0.4) is 0 Å². The number of aryl methyl sites for hydroxylation is 1. The van der Waals surface area contributed by atoms with Gasteiger partial charge < -0.3 is 19.8 Å². The Morgan fingerprint density at radius 3 is 2.52 bits per heavy atom. The largest absolute Gasteiger partial charge is 0.496 e. The molecule has 1 fully saturated rings. The van der Waals surface area contributed by atoms with Crippen molar-refractivity contribution in [3.8, 4) is 34.3 Å². The molecular formula is C30H22F4N4O4. The van der Waals surface area contributed by atoms with Crippen LogP contribution in [0.4, 0.5) is 17.6 Å². The summed E-state index contributed by atoms with van der Waals surface area (Å²) in [6, 6.07) is 15.3. The molecule has 214 valence electrons. The summed E-state index contributed by atoms with van der Waals surface area (Å²) in [5.74, 6) is -1.69. The average Bonchev–Trinajstić information content (AvgIpc) is 3.65. The van der Waals surface area contributed by atoms with Crippen LogP contribution in [-0.4, -0.2) is 42.7 Å². The van der Waals surface area contributed by atoms with Crippen molar-refractivity contribution >= 4 is 22.9 Å². The van der Waals surface area contributed by atoms with E-state index in [0.29, 0.717) is 18.4 Å². The second-order valence-corrected chi connectivity index (χ2v) is 9.74. The molecule has 5 rings (SSSR count). The van der Waals surface area contributed by atoms with Crippen molar-refractivity contribution in [3.63, 3.8) is 0 Å². The summed E-state index contributed by atoms with van der Waals surface area (Å²) < 4.78 is 64.6. The Balaban J connectivity index is 1.70. The van der Waals surface area contributed by atoms with Crippen molar-refractivity contribution in [1.82, 2.24) is 15.6 Å². The van der Waals surface area contributed by atoms with Crippen LogP contribution in [-0.2, 0) is 6.42 Å². The fourth-order valence-corrected chi connectivity index (χ4v) is 4.53. The van der Waals surface area contributed by atoms with Gasteiger partial charge in [-0.3, -0.25) is 9.59 Å². The summed E-state index contributed by atoms with van der Waals surface area (Å²) in [5.41, 5.74) is -0.282. The van der Waals surface area contributed by atoms with Crippen LogP contribution in [0.1, 0.15) is 45.7 Å². The average molecular weight is 579 g/mol. The highest BCUT2D eigenvalue weighted by Gasteiger charge is 2.45. The van der Waals surface area contributed by atoms with Gasteiger partial charge in [0.2, 0.25) is 5.71 Å². The molecule has 1 aliphatic rings. The molecule has 0 unspecified atom stereocenters. The van der Waals surface area contributed by atoms with Crippen LogP contribution in [0.15, 0.2) is 40.8 Å². The predicted octanol–water partition coefficient (Wildman–Crippen LogP) is 5.55. The van der Waals surface area contributed by atoms with Crippen LogP contribution in [0.25, 0.3) is 33.6 Å². The third-order valence-electron chi connectivity index (χ3n) is 6.89. The summed E-state index contributed by atoms with van der Waals surface area (Å²) in [5, 5.41) is 14.8. The number of amides is 2. The maximum absolute atomic E-state index is 13.5. The smallest absolute Gasteiger partial charge is 0.389 e. The summed E-state index contributed by atoms with van der Waals surface area (Å²) in [6.45, 7) is 0. The number of halogens is 4. The number of hydrogen-bond acceptors (Lipinski definition) is 6. The number of benzene rings is 1. The van der Waals surface area contributed by atoms with Gasteiger partial charge in [-0.05, 0) is 61.2 Å². The molecule has 8 nitrogen and oxygen atoms in total. The predicted molar refractivity (Wildman–Crippen MR) is 142 cm³/mol. The lowest BCUT2D eigenvalue weighted by Crippen LogP contribution is -2.35. The Hall–Kier alpha value is -5.10. The highest BCUT2D eigenvalue weighted by atomic mass is 19.4. The molecule has 4 aromatic rings. The Morgan fingerprint density at radius 1 is 1.17 bits per heavy atom. The van der Waals surface area contributed by atoms with E-state index in [1.807, 2.05) is 0 Å². The standard InChI is InChI=1S/C30H22F4N4O4/c1-36-27(40)24-21-14-19(17-5-8-23(41-2)20(13-17)26(39)38-29(15-35)11-12-29)22(9-10-30(32,33)34)37-28(21)42-25(24)16-3-6-18(31)7-4-16/h3,5-6,8,13-14H,9-12H2,1-2H3,(H,36,40)(H,38,39). The molecule has 0 saturated heterocycles. The molecular weight excluding hydrogens is 556 g/mol. The number of fused-ring (bicyclic) bond motifs is 1. The van der Waals surface area contributed by atoms with Gasteiger partial charge in [-0.15, -0.1) is 0 Å². The number of furan rings is 1. The first-order valence-corrected chi connectivity index (χ1v) is 12.7. The van der Waals surface area contributed by atoms with E-state index in [1.165, 1.54) is 38.4 Å². The van der Waals surface area contributed by atoms with Gasteiger partial charge >= 0.3 is 6.18 Å². The number of carbonyl (C=O) groups is 2. The quantitative estimate of drug-likeness (QED) is 0.265. The molecule has 0 spiro atoms. The highest BCUT2D eigenvalue weighted by molar-refractivity contribution is 6.11. The lowest BCUT2D eigenvalue weighted by molar-refractivity contribution is -0.134. The number of hydrogen-bond donors (Lipinski definition) is 2. The van der Waals surface area contributed by atoms with E-state index in [0.717, 1.165) is 6.07 Å². The number of methoxy groups -OCH3 is 1. The lowest BCUT2D eigenvalue weighted by atomic mass is 9.96. The van der Waals surface area contributed by atoms with E-state index in [2.05, 4.69) is 33.8 Å². The van der Waals surface area contributed by atoms with E-state index in [-0.39, 0.29) is 50.6 Å². The Labute approximate surface area is 237 Å². The minimum absolute atomic E-state index is 0.00504. The maximum atomic E-state index is 13.5. The minimum Gasteiger partial charge on any atom is -0.496 e. The van der Waals surface area contributed by atoms with Crippen molar-refractivity contribution in [2.24, 2.45) is 0 Å². The minimum atomic E-state index is -4.49. The van der Waals surface area contributed by atoms with E-state index >= 15 is 0 Å². The molecule has 0 atom stereocenters. The molecule has 2 N–H and O–H groups in total. The van der Waals surface area contributed by atoms with Gasteiger partial charge in [0, 0.05) is 19.0 Å². The molecule has 1 saturated carbocycles. The van der Waals surface area contributed by atoms with Gasteiger partial charge in [0.15, 0.2) is 11.6 Å². The zero-order chi connectivity index (χ0) is 30.2. The number of nitrogens with one attached hydrogen (secondary N) is 2. The van der Waals surface area contributed by atoms with Crippen molar-refractivity contribution in [1.29, 1.82) is 5.26 Å². The number of nitrogens with zero attached hydrogens (tertiary/aromatic N) is 2. The number of ether oxygens (including phenoxy) is 1. The highest BCUT2D eigenvalue weighted by Crippen LogP contribution is 2.39. The van der Waals surface area contributed by atoms with Gasteiger partial charge in [-0.2, -0.15) is 22.8 Å². The van der Waals surface area contributed by atoms with Crippen LogP contribution in [0.2, 0.25) is 0 Å². The zero-order valence-corrected chi connectivity index (χ0v) is 22.3. The first kappa shape index (κ1) is 28.4. The van der Waals surface area contributed by atoms with Gasteiger partial charge in [0.05, 0.1) is 40.9 Å². The topological polar surface area (TPSA) is 117 Å². The third-order valence-corrected chi connectivity index (χ3v) is 6.89. The van der Waals surface area contributed by atoms with Gasteiger partial charge in [-0.25, -0.2) is 4.98 Å². The number of alkyl halides is 3. The van der Waals surface area contributed by atoms with E-state index < -0.39 is 42.2 Å². The fourth-order valence-electron chi connectivity index (χ4n) is 4.53.